The van der Waals surface area contributed by atoms with Crippen LogP contribution in [-0.4, -0.2) is 20.5 Å². The number of nitrogens with one attached hydrogen (secondary N) is 2. The summed E-state index contributed by atoms with van der Waals surface area (Å²) in [5, 5.41) is 14.1. The molecule has 122 valence electrons. The standard InChI is InChI=1S/C19H15N5O/c25-18(21-19-23-22-17-11-4-5-12-24(17)19)14-7-6-10-16(13-14)20-15-8-2-1-3-9-15/h1-13,20H,(H,21,23,25). The Kier molecular flexibility index (Phi) is 3.84. The Balaban J connectivity index is 1.55. The van der Waals surface area contributed by atoms with E-state index in [9.17, 15) is 4.79 Å². The number of nitrogens with zero attached hydrogens (tertiary/aromatic N) is 3. The zero-order valence-corrected chi connectivity index (χ0v) is 13.3. The van der Waals surface area contributed by atoms with Gasteiger partial charge in [0.1, 0.15) is 0 Å². The molecule has 1 amide bonds. The second-order valence-corrected chi connectivity index (χ2v) is 5.48. The summed E-state index contributed by atoms with van der Waals surface area (Å²) < 4.78 is 1.73. The molecule has 0 fully saturated rings. The molecule has 0 unspecified atom stereocenters. The van der Waals surface area contributed by atoms with Crippen molar-refractivity contribution in [2.24, 2.45) is 0 Å². The number of anilines is 3. The van der Waals surface area contributed by atoms with Gasteiger partial charge >= 0.3 is 0 Å². The third-order valence-corrected chi connectivity index (χ3v) is 3.73. The van der Waals surface area contributed by atoms with Crippen LogP contribution in [0.2, 0.25) is 0 Å². The molecule has 2 N–H and O–H groups in total. The third kappa shape index (κ3) is 3.18. The topological polar surface area (TPSA) is 71.3 Å². The van der Waals surface area contributed by atoms with E-state index in [1.807, 2.05) is 60.7 Å². The van der Waals surface area contributed by atoms with Gasteiger partial charge in [0.15, 0.2) is 5.65 Å². The fourth-order valence-electron chi connectivity index (χ4n) is 2.53. The fraction of sp³-hybridized carbons (Fsp3) is 0. The molecule has 0 spiro atoms. The minimum atomic E-state index is -0.241. The molecule has 4 rings (SSSR count). The molecular formula is C19H15N5O. The number of carbonyl (C=O) groups is 1. The SMILES string of the molecule is O=C(Nc1nnc2ccccn12)c1cccc(Nc2ccccc2)c1. The lowest BCUT2D eigenvalue weighted by Gasteiger charge is -2.08. The van der Waals surface area contributed by atoms with E-state index in [4.69, 9.17) is 0 Å². The molecule has 2 aromatic carbocycles. The number of amides is 1. The van der Waals surface area contributed by atoms with Gasteiger partial charge in [-0.3, -0.25) is 14.5 Å². The molecule has 2 aromatic heterocycles. The Morgan fingerprint density at radius 1 is 0.840 bits per heavy atom. The number of hydrogen-bond donors (Lipinski definition) is 2. The number of pyridine rings is 1. The number of aromatic nitrogens is 3. The highest BCUT2D eigenvalue weighted by Crippen LogP contribution is 2.18. The van der Waals surface area contributed by atoms with Gasteiger partial charge in [-0.2, -0.15) is 0 Å². The van der Waals surface area contributed by atoms with Gasteiger partial charge in [-0.1, -0.05) is 30.3 Å². The minimum absolute atomic E-state index is 0.241. The maximum Gasteiger partial charge on any atom is 0.258 e. The summed E-state index contributed by atoms with van der Waals surface area (Å²) in [7, 11) is 0. The molecule has 0 aliphatic rings. The molecule has 4 aromatic rings. The summed E-state index contributed by atoms with van der Waals surface area (Å²) >= 11 is 0. The van der Waals surface area contributed by atoms with Gasteiger partial charge in [-0.05, 0) is 42.5 Å². The van der Waals surface area contributed by atoms with Crippen LogP contribution in [0.4, 0.5) is 17.3 Å². The highest BCUT2D eigenvalue weighted by Gasteiger charge is 2.11. The van der Waals surface area contributed by atoms with Crippen LogP contribution in [0.15, 0.2) is 79.0 Å². The number of para-hydroxylation sites is 1. The molecule has 0 saturated carbocycles. The van der Waals surface area contributed by atoms with Gasteiger partial charge in [0, 0.05) is 23.1 Å². The first-order valence-corrected chi connectivity index (χ1v) is 7.83. The third-order valence-electron chi connectivity index (χ3n) is 3.73. The van der Waals surface area contributed by atoms with Crippen LogP contribution in [0.5, 0.6) is 0 Å². The Hall–Kier alpha value is -3.67. The van der Waals surface area contributed by atoms with Crippen molar-refractivity contribution in [1.82, 2.24) is 14.6 Å². The first-order chi connectivity index (χ1) is 12.3. The molecule has 6 heteroatoms. The van der Waals surface area contributed by atoms with Crippen LogP contribution in [0.25, 0.3) is 5.65 Å². The Labute approximate surface area is 144 Å². The van der Waals surface area contributed by atoms with Crippen LogP contribution < -0.4 is 10.6 Å². The zero-order valence-electron chi connectivity index (χ0n) is 13.3. The van der Waals surface area contributed by atoms with Crippen molar-refractivity contribution >= 4 is 28.9 Å². The van der Waals surface area contributed by atoms with Crippen molar-refractivity contribution in [3.05, 3.63) is 84.6 Å². The first kappa shape index (κ1) is 14.9. The monoisotopic (exact) mass is 329 g/mol. The Morgan fingerprint density at radius 2 is 1.64 bits per heavy atom. The van der Waals surface area contributed by atoms with Crippen LogP contribution in [0.3, 0.4) is 0 Å². The molecule has 0 saturated heterocycles. The zero-order chi connectivity index (χ0) is 17.1. The summed E-state index contributed by atoms with van der Waals surface area (Å²) in [6, 6.07) is 22.7. The summed E-state index contributed by atoms with van der Waals surface area (Å²) in [4.78, 5) is 12.5. The summed E-state index contributed by atoms with van der Waals surface area (Å²) in [5.41, 5.74) is 3.01. The molecular weight excluding hydrogens is 314 g/mol. The van der Waals surface area contributed by atoms with Crippen molar-refractivity contribution in [2.45, 2.75) is 0 Å². The normalized spacial score (nSPS) is 10.6. The average molecular weight is 329 g/mol. The van der Waals surface area contributed by atoms with Gasteiger partial charge in [-0.25, -0.2) is 0 Å². The minimum Gasteiger partial charge on any atom is -0.356 e. The van der Waals surface area contributed by atoms with E-state index in [1.54, 1.807) is 22.7 Å². The van der Waals surface area contributed by atoms with Gasteiger partial charge < -0.3 is 5.32 Å². The second kappa shape index (κ2) is 6.45. The van der Waals surface area contributed by atoms with Crippen LogP contribution >= 0.6 is 0 Å². The van der Waals surface area contributed by atoms with Gasteiger partial charge in [0.2, 0.25) is 5.95 Å². The molecule has 2 heterocycles. The number of carbonyl (C=O) groups excluding carboxylic acids is 1. The van der Waals surface area contributed by atoms with Gasteiger partial charge in [-0.15, -0.1) is 10.2 Å². The number of fused-ring (bicyclic) bond motifs is 1. The first-order valence-electron chi connectivity index (χ1n) is 7.83. The quantitative estimate of drug-likeness (QED) is 0.598. The van der Waals surface area contributed by atoms with Crippen molar-refractivity contribution in [3.63, 3.8) is 0 Å². The number of rotatable bonds is 4. The van der Waals surface area contributed by atoms with E-state index < -0.39 is 0 Å². The summed E-state index contributed by atoms with van der Waals surface area (Å²) in [6.45, 7) is 0. The van der Waals surface area contributed by atoms with Gasteiger partial charge in [0.25, 0.3) is 5.91 Å². The van der Waals surface area contributed by atoms with E-state index in [1.165, 1.54) is 0 Å². The molecule has 0 radical (unpaired) electrons. The van der Waals surface area contributed by atoms with E-state index in [2.05, 4.69) is 20.8 Å². The lowest BCUT2D eigenvalue weighted by atomic mass is 10.2. The lowest BCUT2D eigenvalue weighted by Crippen LogP contribution is -2.14. The largest absolute Gasteiger partial charge is 0.356 e. The van der Waals surface area contributed by atoms with E-state index in [0.29, 0.717) is 17.2 Å². The maximum atomic E-state index is 12.5. The lowest BCUT2D eigenvalue weighted by molar-refractivity contribution is 0.102. The molecule has 0 bridgehead atoms. The predicted octanol–water partition coefficient (Wildman–Crippen LogP) is 3.73. The van der Waals surface area contributed by atoms with Crippen LogP contribution in [0.1, 0.15) is 10.4 Å². The Morgan fingerprint density at radius 3 is 2.52 bits per heavy atom. The molecule has 0 aliphatic carbocycles. The van der Waals surface area contributed by atoms with Crippen molar-refractivity contribution in [1.29, 1.82) is 0 Å². The maximum absolute atomic E-state index is 12.5. The molecule has 25 heavy (non-hydrogen) atoms. The van der Waals surface area contributed by atoms with Crippen LogP contribution in [0, 0.1) is 0 Å². The molecule has 6 nitrogen and oxygen atoms in total. The number of benzene rings is 2. The summed E-state index contributed by atoms with van der Waals surface area (Å²) in [5.74, 6) is 0.150. The van der Waals surface area contributed by atoms with E-state index >= 15 is 0 Å². The average Bonchev–Trinajstić information content (AvgIpc) is 3.06. The van der Waals surface area contributed by atoms with Crippen molar-refractivity contribution in [2.75, 3.05) is 10.6 Å². The van der Waals surface area contributed by atoms with Crippen LogP contribution in [-0.2, 0) is 0 Å². The highest BCUT2D eigenvalue weighted by molar-refractivity contribution is 6.04. The van der Waals surface area contributed by atoms with Crippen molar-refractivity contribution < 1.29 is 4.79 Å². The molecule has 0 aliphatic heterocycles. The number of hydrogen-bond acceptors (Lipinski definition) is 4. The van der Waals surface area contributed by atoms with Gasteiger partial charge in [0.05, 0.1) is 0 Å². The smallest absolute Gasteiger partial charge is 0.258 e. The van der Waals surface area contributed by atoms with Crippen molar-refractivity contribution in [3.8, 4) is 0 Å². The summed E-state index contributed by atoms with van der Waals surface area (Å²) in [6.07, 6.45) is 1.80. The Bertz CT molecular complexity index is 1030. The second-order valence-electron chi connectivity index (χ2n) is 5.48. The fourth-order valence-corrected chi connectivity index (χ4v) is 2.53. The van der Waals surface area contributed by atoms with E-state index in [-0.39, 0.29) is 5.91 Å². The molecule has 0 atom stereocenters. The predicted molar refractivity (Wildman–Crippen MR) is 97.1 cm³/mol. The highest BCUT2D eigenvalue weighted by atomic mass is 16.1. The van der Waals surface area contributed by atoms with E-state index in [0.717, 1.165) is 11.4 Å².